The number of ether oxygens (including phenoxy) is 1. The highest BCUT2D eigenvalue weighted by Gasteiger charge is 2.30. The van der Waals surface area contributed by atoms with Crippen LogP contribution in [0.1, 0.15) is 18.1 Å². The smallest absolute Gasteiger partial charge is 0.163 e. The molecule has 0 saturated carbocycles. The van der Waals surface area contributed by atoms with Crippen molar-refractivity contribution in [1.29, 1.82) is 0 Å². The number of nitrogens with one attached hydrogen (secondary N) is 2. The lowest BCUT2D eigenvalue weighted by Gasteiger charge is -2.18. The molecule has 4 heterocycles. The lowest BCUT2D eigenvalue weighted by atomic mass is 9.97. The molecule has 0 aliphatic carbocycles. The summed E-state index contributed by atoms with van der Waals surface area (Å²) in [6, 6.07) is 0. The molecule has 1 aliphatic rings. The van der Waals surface area contributed by atoms with Crippen LogP contribution < -0.4 is 5.32 Å². The van der Waals surface area contributed by atoms with E-state index >= 15 is 0 Å². The number of aromatic nitrogens is 6. The van der Waals surface area contributed by atoms with Crippen LogP contribution in [0.5, 0.6) is 0 Å². The Kier molecular flexibility index (Phi) is 3.23. The molecule has 0 radical (unpaired) electrons. The summed E-state index contributed by atoms with van der Waals surface area (Å²) in [5, 5.41) is 15.4. The van der Waals surface area contributed by atoms with Crippen molar-refractivity contribution in [3.05, 3.63) is 30.5 Å². The summed E-state index contributed by atoms with van der Waals surface area (Å²) in [6.45, 7) is 1.56. The van der Waals surface area contributed by atoms with Gasteiger partial charge in [-0.15, -0.1) is 0 Å². The average molecular weight is 299 g/mol. The van der Waals surface area contributed by atoms with Crippen LogP contribution in [0.15, 0.2) is 24.9 Å². The molecule has 114 valence electrons. The number of hydrogen-bond donors (Lipinski definition) is 2. The highest BCUT2D eigenvalue weighted by atomic mass is 16.5. The van der Waals surface area contributed by atoms with E-state index in [0.29, 0.717) is 5.92 Å². The second kappa shape index (κ2) is 5.38. The fourth-order valence-corrected chi connectivity index (χ4v) is 2.96. The largest absolute Gasteiger partial charge is 0.373 e. The van der Waals surface area contributed by atoms with Crippen molar-refractivity contribution in [3.63, 3.8) is 0 Å². The van der Waals surface area contributed by atoms with Crippen LogP contribution in [0, 0.1) is 5.92 Å². The SMILES string of the molecule is Cn1ncc2c(NC[C@H]3CCO[C@@H]3c3cn[nH]c3)ncnc21. The van der Waals surface area contributed by atoms with Crippen LogP contribution in [0.25, 0.3) is 11.0 Å². The van der Waals surface area contributed by atoms with E-state index in [-0.39, 0.29) is 6.10 Å². The maximum Gasteiger partial charge on any atom is 0.163 e. The Bertz CT molecular complexity index is 767. The number of nitrogens with zero attached hydrogens (tertiary/aromatic N) is 5. The molecular weight excluding hydrogens is 282 g/mol. The van der Waals surface area contributed by atoms with Crippen LogP contribution in [0.2, 0.25) is 0 Å². The number of anilines is 1. The molecule has 0 aromatic carbocycles. The van der Waals surface area contributed by atoms with Gasteiger partial charge in [0.25, 0.3) is 0 Å². The number of hydrogen-bond acceptors (Lipinski definition) is 6. The summed E-state index contributed by atoms with van der Waals surface area (Å²) in [7, 11) is 1.87. The molecule has 0 amide bonds. The highest BCUT2D eigenvalue weighted by molar-refractivity contribution is 5.85. The van der Waals surface area contributed by atoms with E-state index < -0.39 is 0 Å². The minimum atomic E-state index is 0.0810. The zero-order valence-electron chi connectivity index (χ0n) is 12.2. The van der Waals surface area contributed by atoms with Crippen LogP contribution in [-0.4, -0.2) is 43.1 Å². The zero-order chi connectivity index (χ0) is 14.9. The summed E-state index contributed by atoms with van der Waals surface area (Å²) in [5.41, 5.74) is 1.92. The Morgan fingerprint density at radius 2 is 2.36 bits per heavy atom. The second-order valence-electron chi connectivity index (χ2n) is 5.48. The third kappa shape index (κ3) is 2.21. The normalized spacial score (nSPS) is 21.5. The summed E-state index contributed by atoms with van der Waals surface area (Å²) in [5.74, 6) is 1.20. The number of fused-ring (bicyclic) bond motifs is 1. The first-order valence-corrected chi connectivity index (χ1v) is 7.30. The first-order chi connectivity index (χ1) is 10.8. The first-order valence-electron chi connectivity index (χ1n) is 7.30. The van der Waals surface area contributed by atoms with E-state index in [1.807, 2.05) is 19.4 Å². The van der Waals surface area contributed by atoms with Gasteiger partial charge in [0.1, 0.15) is 12.1 Å². The Labute approximate surface area is 126 Å². The van der Waals surface area contributed by atoms with Crippen molar-refractivity contribution in [2.24, 2.45) is 13.0 Å². The van der Waals surface area contributed by atoms with Crippen LogP contribution in [0.3, 0.4) is 0 Å². The van der Waals surface area contributed by atoms with Gasteiger partial charge in [0.2, 0.25) is 0 Å². The molecule has 1 aliphatic heterocycles. The van der Waals surface area contributed by atoms with Crippen LogP contribution >= 0.6 is 0 Å². The second-order valence-corrected chi connectivity index (χ2v) is 5.48. The van der Waals surface area contributed by atoms with Gasteiger partial charge in [-0.1, -0.05) is 0 Å². The van der Waals surface area contributed by atoms with Gasteiger partial charge >= 0.3 is 0 Å². The van der Waals surface area contributed by atoms with E-state index in [4.69, 9.17) is 4.74 Å². The molecule has 8 heteroatoms. The van der Waals surface area contributed by atoms with Crippen molar-refractivity contribution in [2.45, 2.75) is 12.5 Å². The zero-order valence-corrected chi connectivity index (χ0v) is 12.2. The Hall–Kier alpha value is -2.48. The van der Waals surface area contributed by atoms with Crippen molar-refractivity contribution >= 4 is 16.9 Å². The van der Waals surface area contributed by atoms with Gasteiger partial charge in [0.15, 0.2) is 5.65 Å². The van der Waals surface area contributed by atoms with Gasteiger partial charge in [-0.05, 0) is 6.42 Å². The number of rotatable bonds is 4. The lowest BCUT2D eigenvalue weighted by Crippen LogP contribution is -2.18. The third-order valence-corrected chi connectivity index (χ3v) is 4.12. The summed E-state index contributed by atoms with van der Waals surface area (Å²) in [6.07, 6.45) is 8.17. The molecule has 3 aromatic heterocycles. The van der Waals surface area contributed by atoms with E-state index in [1.54, 1.807) is 17.2 Å². The van der Waals surface area contributed by atoms with Gasteiger partial charge in [0, 0.05) is 37.9 Å². The fraction of sp³-hybridized carbons (Fsp3) is 0.429. The summed E-state index contributed by atoms with van der Waals surface area (Å²) in [4.78, 5) is 8.58. The minimum Gasteiger partial charge on any atom is -0.373 e. The fourth-order valence-electron chi connectivity index (χ4n) is 2.96. The number of H-pyrrole nitrogens is 1. The average Bonchev–Trinajstić information content (AvgIpc) is 3.26. The highest BCUT2D eigenvalue weighted by Crippen LogP contribution is 2.34. The van der Waals surface area contributed by atoms with Crippen molar-refractivity contribution < 1.29 is 4.74 Å². The molecule has 0 unspecified atom stereocenters. The van der Waals surface area contributed by atoms with Crippen molar-refractivity contribution in [3.8, 4) is 0 Å². The molecule has 3 aromatic rings. The molecule has 2 N–H and O–H groups in total. The molecule has 4 rings (SSSR count). The molecule has 2 atom stereocenters. The quantitative estimate of drug-likeness (QED) is 0.753. The van der Waals surface area contributed by atoms with Crippen LogP contribution in [0.4, 0.5) is 5.82 Å². The topological polar surface area (TPSA) is 93.5 Å². The maximum atomic E-state index is 5.84. The number of aromatic amines is 1. The molecule has 0 bridgehead atoms. The summed E-state index contributed by atoms with van der Waals surface area (Å²) < 4.78 is 7.59. The van der Waals surface area contributed by atoms with E-state index in [1.165, 1.54) is 0 Å². The molecule has 22 heavy (non-hydrogen) atoms. The van der Waals surface area contributed by atoms with Gasteiger partial charge in [-0.2, -0.15) is 10.2 Å². The molecule has 0 spiro atoms. The maximum absolute atomic E-state index is 5.84. The van der Waals surface area contributed by atoms with Gasteiger partial charge in [-0.25, -0.2) is 9.97 Å². The molecular formula is C14H17N7O. The third-order valence-electron chi connectivity index (χ3n) is 4.12. The van der Waals surface area contributed by atoms with Crippen molar-refractivity contribution in [1.82, 2.24) is 29.9 Å². The van der Waals surface area contributed by atoms with E-state index in [9.17, 15) is 0 Å². The first kappa shape index (κ1) is 13.2. The minimum absolute atomic E-state index is 0.0810. The monoisotopic (exact) mass is 299 g/mol. The van der Waals surface area contributed by atoms with Crippen molar-refractivity contribution in [2.75, 3.05) is 18.5 Å². The van der Waals surface area contributed by atoms with Gasteiger partial charge in [0.05, 0.1) is 23.9 Å². The van der Waals surface area contributed by atoms with Gasteiger partial charge < -0.3 is 10.1 Å². The van der Waals surface area contributed by atoms with Gasteiger partial charge in [-0.3, -0.25) is 9.78 Å². The van der Waals surface area contributed by atoms with E-state index in [0.717, 1.165) is 42.0 Å². The predicted octanol–water partition coefficient (Wildman–Crippen LogP) is 1.28. The predicted molar refractivity (Wildman–Crippen MR) is 80.2 cm³/mol. The molecule has 8 nitrogen and oxygen atoms in total. The molecule has 1 saturated heterocycles. The van der Waals surface area contributed by atoms with Crippen LogP contribution in [-0.2, 0) is 11.8 Å². The lowest BCUT2D eigenvalue weighted by molar-refractivity contribution is 0.0933. The van der Waals surface area contributed by atoms with E-state index in [2.05, 4.69) is 30.6 Å². The Morgan fingerprint density at radius 3 is 3.23 bits per heavy atom. The molecule has 1 fully saturated rings. The standard InChI is InChI=1S/C14H17N7O/c1-21-14-11(7-20-21)13(16-8-17-14)15-4-9-2-3-22-12(9)10-5-18-19-6-10/h5-9,12H,2-4H2,1H3,(H,18,19)(H,15,16,17)/t9-,12+/m1/s1. The Balaban J connectivity index is 1.52. The summed E-state index contributed by atoms with van der Waals surface area (Å²) >= 11 is 0. The Morgan fingerprint density at radius 1 is 1.41 bits per heavy atom. The number of aryl methyl sites for hydroxylation is 1.